The second kappa shape index (κ2) is 20.4. The van der Waals surface area contributed by atoms with E-state index >= 15 is 0 Å². The van der Waals surface area contributed by atoms with Crippen LogP contribution in [0.2, 0.25) is 0 Å². The van der Waals surface area contributed by atoms with Gasteiger partial charge < -0.3 is 31.1 Å². The number of ether oxygens (including phenoxy) is 1. The normalized spacial score (nSPS) is 15.5. The number of thiazole rings is 1. The van der Waals surface area contributed by atoms with Gasteiger partial charge in [0.25, 0.3) is 0 Å². The number of nitrogens with two attached hydrogens (primary N) is 1. The predicted molar refractivity (Wildman–Crippen MR) is 265 cm³/mol. The van der Waals surface area contributed by atoms with Crippen LogP contribution in [0.1, 0.15) is 57.4 Å². The highest BCUT2D eigenvalue weighted by atomic mass is 32.2. The Morgan fingerprint density at radius 2 is 1.74 bits per heavy atom. The van der Waals surface area contributed by atoms with Crippen LogP contribution in [-0.4, -0.2) is 96.6 Å². The van der Waals surface area contributed by atoms with E-state index in [1.165, 1.54) is 24.0 Å². The van der Waals surface area contributed by atoms with Gasteiger partial charge in [-0.3, -0.25) is 28.9 Å². The number of carbonyl (C=O) groups is 3. The molecule has 1 aliphatic heterocycles. The average Bonchev–Trinajstić information content (AvgIpc) is 4.17. The first-order chi connectivity index (χ1) is 33.4. The van der Waals surface area contributed by atoms with Gasteiger partial charge in [0.05, 0.1) is 50.7 Å². The van der Waals surface area contributed by atoms with Crippen LogP contribution >= 0.6 is 11.3 Å². The lowest BCUT2D eigenvalue weighted by Gasteiger charge is -2.35. The van der Waals surface area contributed by atoms with Crippen molar-refractivity contribution in [3.63, 3.8) is 0 Å². The molecular formula is C49H54FN11O7S2. The Bertz CT molecular complexity index is 3150. The number of aliphatic hydroxyl groups excluding tert-OH is 1. The fourth-order valence-corrected chi connectivity index (χ4v) is 9.65. The van der Waals surface area contributed by atoms with Crippen LogP contribution in [0.15, 0.2) is 90.8 Å². The minimum absolute atomic E-state index is 0.0254. The van der Waals surface area contributed by atoms with Crippen LogP contribution < -0.4 is 25.8 Å². The van der Waals surface area contributed by atoms with E-state index in [1.807, 2.05) is 52.0 Å². The van der Waals surface area contributed by atoms with Gasteiger partial charge in [-0.05, 0) is 60.2 Å². The molecule has 3 aromatic carbocycles. The molecule has 21 heteroatoms. The summed E-state index contributed by atoms with van der Waals surface area (Å²) in [5, 5.41) is 29.1. The molecule has 18 nitrogen and oxygen atoms in total. The Balaban J connectivity index is 0.928. The maximum absolute atomic E-state index is 14.2. The lowest BCUT2D eigenvalue weighted by Crippen LogP contribution is -2.57. The van der Waals surface area contributed by atoms with Crippen molar-refractivity contribution in [1.82, 2.24) is 45.5 Å². The highest BCUT2D eigenvalue weighted by Gasteiger charge is 2.44. The molecule has 0 saturated carbocycles. The molecule has 0 radical (unpaired) electrons. The molecule has 4 aromatic heterocycles. The number of nitrogen functional groups attached to an aromatic ring is 1. The number of carbonyl (C=O) groups excluding carboxylic acids is 3. The summed E-state index contributed by atoms with van der Waals surface area (Å²) >= 11 is 1.56. The molecule has 0 aliphatic carbocycles. The standard InChI is InChI=1S/C49H54FN11O7S2/c1-6-70(66,67)59-37-16-13-32(19-39(37)68-26-30-9-14-34(50)15-10-30)42-41-43(58-57-42)36(23-52-46(41)51)33-22-55-60(24-33)18-17-40(63)56-45(49(3,4)5)48(65)61-25-35(62)20-38(61)47(64)53-21-29-7-11-31(12-8-29)44-28(2)54-27-69-44/h7-16,19,22-24,27,35,38,45,59,62H,6,17-18,20-21,25-26H2,1-5H3,(H2,51,52)(H,53,64)(H,56,63)(H,57,58)/t35-,38+,45?/m1/s1. The van der Waals surface area contributed by atoms with E-state index in [-0.39, 0.29) is 62.1 Å². The van der Waals surface area contributed by atoms with Gasteiger partial charge in [0.15, 0.2) is 0 Å². The van der Waals surface area contributed by atoms with Crippen molar-refractivity contribution >= 4 is 61.5 Å². The van der Waals surface area contributed by atoms with Crippen molar-refractivity contribution in [2.24, 2.45) is 5.41 Å². The zero-order chi connectivity index (χ0) is 49.9. The number of aromatic nitrogens is 6. The van der Waals surface area contributed by atoms with Crippen molar-refractivity contribution in [2.45, 2.75) is 85.3 Å². The molecule has 0 bridgehead atoms. The Morgan fingerprint density at radius 1 is 1.01 bits per heavy atom. The number of nitrogens with zero attached hydrogens (tertiary/aromatic N) is 6. The molecule has 5 heterocycles. The van der Waals surface area contributed by atoms with E-state index < -0.39 is 57.2 Å². The smallest absolute Gasteiger partial charge is 0.246 e. The Hall–Kier alpha value is -7.23. The van der Waals surface area contributed by atoms with Gasteiger partial charge in [-0.25, -0.2) is 22.8 Å². The molecule has 1 saturated heterocycles. The molecule has 3 amide bonds. The second-order valence-corrected chi connectivity index (χ2v) is 21.1. The van der Waals surface area contributed by atoms with Gasteiger partial charge in [-0.1, -0.05) is 63.2 Å². The lowest BCUT2D eigenvalue weighted by molar-refractivity contribution is -0.144. The third-order valence-corrected chi connectivity index (χ3v) is 14.3. The van der Waals surface area contributed by atoms with Crippen molar-refractivity contribution in [3.8, 4) is 38.6 Å². The highest BCUT2D eigenvalue weighted by Crippen LogP contribution is 2.39. The number of H-pyrrole nitrogens is 1. The predicted octanol–water partition coefficient (Wildman–Crippen LogP) is 6.18. The molecule has 3 atom stereocenters. The second-order valence-electron chi connectivity index (χ2n) is 18.2. The monoisotopic (exact) mass is 991 g/mol. The molecule has 366 valence electrons. The number of sulfonamides is 1. The van der Waals surface area contributed by atoms with Gasteiger partial charge in [0.1, 0.15) is 41.8 Å². The fourth-order valence-electron chi connectivity index (χ4n) is 8.19. The number of aliphatic hydroxyl groups is 1. The molecular weight excluding hydrogens is 938 g/mol. The quantitative estimate of drug-likeness (QED) is 0.0598. The average molecular weight is 992 g/mol. The highest BCUT2D eigenvalue weighted by molar-refractivity contribution is 7.92. The van der Waals surface area contributed by atoms with Crippen LogP contribution in [-0.2, 0) is 44.1 Å². The number of amides is 3. The van der Waals surface area contributed by atoms with Gasteiger partial charge in [-0.15, -0.1) is 11.3 Å². The van der Waals surface area contributed by atoms with Gasteiger partial charge in [0.2, 0.25) is 27.7 Å². The van der Waals surface area contributed by atoms with E-state index in [0.29, 0.717) is 38.9 Å². The number of aryl methyl sites for hydroxylation is 2. The zero-order valence-electron chi connectivity index (χ0n) is 39.2. The topological polar surface area (TPSA) is 252 Å². The molecule has 8 rings (SSSR count). The molecule has 7 N–H and O–H groups in total. The molecule has 0 spiro atoms. The third-order valence-electron chi connectivity index (χ3n) is 12.1. The summed E-state index contributed by atoms with van der Waals surface area (Å²) in [6.45, 7) is 9.31. The van der Waals surface area contributed by atoms with Crippen LogP contribution in [0, 0.1) is 18.2 Å². The fraction of sp³-hybridized carbons (Fsp3) is 0.327. The van der Waals surface area contributed by atoms with Crippen molar-refractivity contribution in [1.29, 1.82) is 0 Å². The summed E-state index contributed by atoms with van der Waals surface area (Å²) in [5.41, 5.74) is 14.0. The first-order valence-electron chi connectivity index (χ1n) is 22.6. The number of pyridine rings is 1. The summed E-state index contributed by atoms with van der Waals surface area (Å²) in [5.74, 6) is -1.44. The number of β-amino-alcohol motifs (C(OH)–C–C–N with tert-alkyl or cyclic N) is 1. The minimum Gasteiger partial charge on any atom is -0.487 e. The summed E-state index contributed by atoms with van der Waals surface area (Å²) in [4.78, 5) is 52.6. The number of aromatic amines is 1. The van der Waals surface area contributed by atoms with Gasteiger partial charge in [-0.2, -0.15) is 10.2 Å². The maximum atomic E-state index is 14.2. The number of hydrogen-bond donors (Lipinski definition) is 6. The molecule has 1 fully saturated rings. The van der Waals surface area contributed by atoms with Gasteiger partial charge >= 0.3 is 0 Å². The van der Waals surface area contributed by atoms with Crippen LogP contribution in [0.25, 0.3) is 43.7 Å². The number of halogens is 1. The van der Waals surface area contributed by atoms with E-state index in [2.05, 4.69) is 40.6 Å². The lowest BCUT2D eigenvalue weighted by atomic mass is 9.85. The van der Waals surface area contributed by atoms with Crippen LogP contribution in [0.3, 0.4) is 0 Å². The molecule has 1 unspecified atom stereocenters. The summed E-state index contributed by atoms with van der Waals surface area (Å²) in [7, 11) is -3.67. The Kier molecular flexibility index (Phi) is 14.3. The summed E-state index contributed by atoms with van der Waals surface area (Å²) in [6.07, 6.45) is 4.07. The zero-order valence-corrected chi connectivity index (χ0v) is 40.8. The first kappa shape index (κ1) is 49.2. The maximum Gasteiger partial charge on any atom is 0.246 e. The number of fused-ring (bicyclic) bond motifs is 1. The largest absolute Gasteiger partial charge is 0.487 e. The number of likely N-dealkylation sites (tertiary alicyclic amines) is 1. The Labute approximate surface area is 407 Å². The third kappa shape index (κ3) is 11.1. The van der Waals surface area contributed by atoms with Crippen LogP contribution in [0.4, 0.5) is 15.9 Å². The molecule has 7 aromatic rings. The van der Waals surface area contributed by atoms with Crippen molar-refractivity contribution in [2.75, 3.05) is 22.8 Å². The number of rotatable bonds is 17. The van der Waals surface area contributed by atoms with Crippen LogP contribution in [0.5, 0.6) is 5.75 Å². The van der Waals surface area contributed by atoms with E-state index in [0.717, 1.165) is 21.7 Å². The van der Waals surface area contributed by atoms with Gasteiger partial charge in [0, 0.05) is 61.6 Å². The van der Waals surface area contributed by atoms with E-state index in [4.69, 9.17) is 10.5 Å². The number of anilines is 2. The SMILES string of the molecule is CCS(=O)(=O)Nc1ccc(-c2n[nH]c3c(-c4cnn(CCC(=O)NC(C(=O)N5C[C@H](O)C[C@H]5C(=O)NCc5ccc(-c6scnc6C)cc5)C(C)(C)C)c4)cnc(N)c23)cc1OCc1ccc(F)cc1. The number of hydrogen-bond acceptors (Lipinski definition) is 13. The number of nitrogens with one attached hydrogen (secondary N) is 4. The Morgan fingerprint density at radius 3 is 2.44 bits per heavy atom. The minimum atomic E-state index is -3.67. The van der Waals surface area contributed by atoms with E-state index in [9.17, 15) is 32.3 Å². The summed E-state index contributed by atoms with van der Waals surface area (Å²) < 4.78 is 48.9. The first-order valence-corrected chi connectivity index (χ1v) is 25.1. The van der Waals surface area contributed by atoms with Crippen molar-refractivity contribution in [3.05, 3.63) is 113 Å². The molecule has 1 aliphatic rings. The van der Waals surface area contributed by atoms with Crippen molar-refractivity contribution < 1.29 is 37.0 Å². The number of benzene rings is 3. The summed E-state index contributed by atoms with van der Waals surface area (Å²) in [6, 6.07) is 16.5. The molecule has 70 heavy (non-hydrogen) atoms. The van der Waals surface area contributed by atoms with E-state index in [1.54, 1.807) is 70.5 Å².